The lowest BCUT2D eigenvalue weighted by atomic mass is 10.1. The van der Waals surface area contributed by atoms with Crippen LogP contribution in [0.25, 0.3) is 0 Å². The third kappa shape index (κ3) is 5.25. The summed E-state index contributed by atoms with van der Waals surface area (Å²) in [6.07, 6.45) is -0.271. The average Bonchev–Trinajstić information content (AvgIpc) is 3.02. The lowest BCUT2D eigenvalue weighted by Crippen LogP contribution is -2.48. The molecule has 0 saturated carbocycles. The summed E-state index contributed by atoms with van der Waals surface area (Å²) in [4.78, 5) is 28.1. The van der Waals surface area contributed by atoms with Crippen LogP contribution in [0.1, 0.15) is 27.2 Å². The first-order valence-electron chi connectivity index (χ1n) is 7.71. The van der Waals surface area contributed by atoms with Gasteiger partial charge in [0.2, 0.25) is 5.91 Å². The second-order valence-corrected chi connectivity index (χ2v) is 9.62. The molecule has 2 rings (SSSR count). The molecule has 2 aliphatic rings. The molecule has 8 nitrogen and oxygen atoms in total. The van der Waals surface area contributed by atoms with Crippen LogP contribution in [0.5, 0.6) is 0 Å². The Labute approximate surface area is 146 Å². The van der Waals surface area contributed by atoms with E-state index in [-0.39, 0.29) is 18.9 Å². The third-order valence-electron chi connectivity index (χ3n) is 3.55. The molecule has 2 amide bonds. The molecular weight excluding hydrogens is 356 g/mol. The zero-order valence-corrected chi connectivity index (χ0v) is 16.0. The first-order chi connectivity index (χ1) is 11.0. The Morgan fingerprint density at radius 3 is 2.42 bits per heavy atom. The standard InChI is InChI=1S/C14H24N2O6S2/c1-14(2,3)21-13(18)16-8-10(22-24(4,19)20)7-11(16)12(17)15-5-6-23-9-15/h10-11H,5-9H2,1-4H3/t10-,11+/m1/s1. The van der Waals surface area contributed by atoms with Crippen molar-refractivity contribution in [1.29, 1.82) is 0 Å². The minimum atomic E-state index is -3.67. The van der Waals surface area contributed by atoms with E-state index in [1.54, 1.807) is 37.4 Å². The molecule has 138 valence electrons. The molecule has 2 heterocycles. The van der Waals surface area contributed by atoms with Crippen LogP contribution in [0.4, 0.5) is 4.79 Å². The number of ether oxygens (including phenoxy) is 1. The van der Waals surface area contributed by atoms with E-state index in [0.29, 0.717) is 12.4 Å². The number of rotatable bonds is 3. The number of amides is 2. The summed E-state index contributed by atoms with van der Waals surface area (Å²) >= 11 is 1.64. The molecular formula is C14H24N2O6S2. The van der Waals surface area contributed by atoms with Gasteiger partial charge in [0.25, 0.3) is 10.1 Å². The zero-order valence-electron chi connectivity index (χ0n) is 14.4. The van der Waals surface area contributed by atoms with Crippen LogP contribution in [0.3, 0.4) is 0 Å². The van der Waals surface area contributed by atoms with E-state index < -0.39 is 34.0 Å². The van der Waals surface area contributed by atoms with Crippen molar-refractivity contribution in [2.45, 2.75) is 44.9 Å². The number of hydrogen-bond acceptors (Lipinski definition) is 7. The normalized spacial score (nSPS) is 25.2. The molecule has 0 aliphatic carbocycles. The Hall–Kier alpha value is -1.00. The molecule has 0 spiro atoms. The molecule has 0 unspecified atom stereocenters. The number of carbonyl (C=O) groups is 2. The molecule has 2 fully saturated rings. The van der Waals surface area contributed by atoms with Gasteiger partial charge in [-0.05, 0) is 20.8 Å². The molecule has 0 aromatic carbocycles. The largest absolute Gasteiger partial charge is 0.444 e. The lowest BCUT2D eigenvalue weighted by molar-refractivity contribution is -0.134. The Balaban J connectivity index is 2.15. The lowest BCUT2D eigenvalue weighted by Gasteiger charge is -2.29. The fourth-order valence-corrected chi connectivity index (χ4v) is 4.26. The highest BCUT2D eigenvalue weighted by atomic mass is 32.2. The van der Waals surface area contributed by atoms with Gasteiger partial charge in [-0.25, -0.2) is 4.79 Å². The molecule has 2 atom stereocenters. The maximum Gasteiger partial charge on any atom is 0.411 e. The Morgan fingerprint density at radius 2 is 1.92 bits per heavy atom. The van der Waals surface area contributed by atoms with E-state index in [1.165, 1.54) is 4.90 Å². The Kier molecular flexibility index (Phi) is 5.71. The van der Waals surface area contributed by atoms with E-state index in [1.807, 2.05) is 0 Å². The number of hydrogen-bond donors (Lipinski definition) is 0. The fraction of sp³-hybridized carbons (Fsp3) is 0.857. The van der Waals surface area contributed by atoms with E-state index in [0.717, 1.165) is 12.0 Å². The SMILES string of the molecule is CC(C)(C)OC(=O)N1C[C@H](OS(C)(=O)=O)C[C@H]1C(=O)N1CCSC1. The van der Waals surface area contributed by atoms with Gasteiger partial charge in [0.05, 0.1) is 24.8 Å². The van der Waals surface area contributed by atoms with E-state index in [9.17, 15) is 18.0 Å². The Bertz CT molecular complexity index is 595. The third-order valence-corrected chi connectivity index (χ3v) is 5.14. The summed E-state index contributed by atoms with van der Waals surface area (Å²) in [5, 5.41) is 0. The van der Waals surface area contributed by atoms with Crippen molar-refractivity contribution >= 4 is 33.9 Å². The van der Waals surface area contributed by atoms with Crippen LogP contribution >= 0.6 is 11.8 Å². The van der Waals surface area contributed by atoms with Crippen molar-refractivity contribution in [1.82, 2.24) is 9.80 Å². The molecule has 0 aromatic heterocycles. The first-order valence-corrected chi connectivity index (χ1v) is 10.7. The van der Waals surface area contributed by atoms with E-state index >= 15 is 0 Å². The fourth-order valence-electron chi connectivity index (χ4n) is 2.67. The molecule has 0 aromatic rings. The van der Waals surface area contributed by atoms with Crippen LogP contribution in [-0.2, 0) is 23.8 Å². The van der Waals surface area contributed by atoms with Crippen LogP contribution in [0.2, 0.25) is 0 Å². The number of thioether (sulfide) groups is 1. The highest BCUT2D eigenvalue weighted by Gasteiger charge is 2.44. The van der Waals surface area contributed by atoms with Crippen LogP contribution in [-0.4, -0.2) is 78.9 Å². The molecule has 0 radical (unpaired) electrons. The van der Waals surface area contributed by atoms with Gasteiger partial charge in [0, 0.05) is 18.7 Å². The predicted molar refractivity (Wildman–Crippen MR) is 90.1 cm³/mol. The van der Waals surface area contributed by atoms with Gasteiger partial charge in [-0.3, -0.25) is 13.9 Å². The van der Waals surface area contributed by atoms with Crippen molar-refractivity contribution < 1.29 is 26.9 Å². The number of carbonyl (C=O) groups excluding carboxylic acids is 2. The molecule has 0 bridgehead atoms. The van der Waals surface area contributed by atoms with E-state index in [4.69, 9.17) is 8.92 Å². The quantitative estimate of drug-likeness (QED) is 0.671. The van der Waals surface area contributed by atoms with Crippen molar-refractivity contribution in [2.75, 3.05) is 31.0 Å². The molecule has 2 aliphatic heterocycles. The average molecular weight is 380 g/mol. The van der Waals surface area contributed by atoms with E-state index in [2.05, 4.69) is 0 Å². The zero-order chi connectivity index (χ0) is 18.1. The molecule has 24 heavy (non-hydrogen) atoms. The second-order valence-electron chi connectivity index (χ2n) is 6.95. The van der Waals surface area contributed by atoms with Gasteiger partial charge in [-0.15, -0.1) is 11.8 Å². The highest BCUT2D eigenvalue weighted by molar-refractivity contribution is 7.99. The van der Waals surface area contributed by atoms with Gasteiger partial charge in [0.1, 0.15) is 11.6 Å². The van der Waals surface area contributed by atoms with Crippen LogP contribution < -0.4 is 0 Å². The van der Waals surface area contributed by atoms with Gasteiger partial charge in [-0.2, -0.15) is 8.42 Å². The molecule has 2 saturated heterocycles. The van der Waals surface area contributed by atoms with Crippen molar-refractivity contribution in [2.24, 2.45) is 0 Å². The van der Waals surface area contributed by atoms with Crippen LogP contribution in [0.15, 0.2) is 0 Å². The second kappa shape index (κ2) is 7.09. The smallest absolute Gasteiger partial charge is 0.411 e. The van der Waals surface area contributed by atoms with Crippen molar-refractivity contribution in [3.05, 3.63) is 0 Å². The van der Waals surface area contributed by atoms with Crippen molar-refractivity contribution in [3.63, 3.8) is 0 Å². The number of nitrogens with zero attached hydrogens (tertiary/aromatic N) is 2. The summed E-state index contributed by atoms with van der Waals surface area (Å²) < 4.78 is 33.1. The van der Waals surface area contributed by atoms with Gasteiger partial charge >= 0.3 is 6.09 Å². The topological polar surface area (TPSA) is 93.2 Å². The minimum Gasteiger partial charge on any atom is -0.444 e. The summed E-state index contributed by atoms with van der Waals surface area (Å²) in [5.41, 5.74) is -0.704. The summed E-state index contributed by atoms with van der Waals surface area (Å²) in [6.45, 7) is 5.84. The maximum absolute atomic E-state index is 12.7. The predicted octanol–water partition coefficient (Wildman–Crippen LogP) is 0.873. The highest BCUT2D eigenvalue weighted by Crippen LogP contribution is 2.27. The molecule has 0 N–H and O–H groups in total. The monoisotopic (exact) mass is 380 g/mol. The maximum atomic E-state index is 12.7. The summed E-state index contributed by atoms with van der Waals surface area (Å²) in [5.74, 6) is 1.24. The van der Waals surface area contributed by atoms with Crippen LogP contribution in [0, 0.1) is 0 Å². The minimum absolute atomic E-state index is 0.0133. The van der Waals surface area contributed by atoms with Gasteiger partial charge in [0.15, 0.2) is 0 Å². The molecule has 10 heteroatoms. The number of likely N-dealkylation sites (tertiary alicyclic amines) is 1. The first kappa shape index (κ1) is 19.3. The summed E-state index contributed by atoms with van der Waals surface area (Å²) in [6, 6.07) is -0.759. The Morgan fingerprint density at radius 1 is 1.25 bits per heavy atom. The van der Waals surface area contributed by atoms with Crippen molar-refractivity contribution in [3.8, 4) is 0 Å². The van der Waals surface area contributed by atoms with Gasteiger partial charge < -0.3 is 9.64 Å². The van der Waals surface area contributed by atoms with Gasteiger partial charge in [-0.1, -0.05) is 0 Å². The summed E-state index contributed by atoms with van der Waals surface area (Å²) in [7, 11) is -3.67.